The van der Waals surface area contributed by atoms with E-state index in [4.69, 9.17) is 5.73 Å². The first-order valence-corrected chi connectivity index (χ1v) is 4.02. The van der Waals surface area contributed by atoms with Gasteiger partial charge in [-0.15, -0.1) is 0 Å². The summed E-state index contributed by atoms with van der Waals surface area (Å²) >= 11 is 1.57. The number of nitrogens with zero attached hydrogens (tertiary/aromatic N) is 2. The zero-order valence-electron chi connectivity index (χ0n) is 6.61. The van der Waals surface area contributed by atoms with Crippen LogP contribution in [-0.2, 0) is 0 Å². The predicted molar refractivity (Wildman–Crippen MR) is 48.2 cm³/mol. The number of rotatable bonds is 2. The Morgan fingerprint density at radius 3 is 2.82 bits per heavy atom. The first-order valence-electron chi connectivity index (χ1n) is 3.25. The summed E-state index contributed by atoms with van der Waals surface area (Å²) in [5.74, 6) is 0. The molecule has 0 aliphatic rings. The molecule has 0 saturated heterocycles. The molecule has 0 fully saturated rings. The molecule has 2 N–H and O–H groups in total. The first kappa shape index (κ1) is 8.36. The van der Waals surface area contributed by atoms with Gasteiger partial charge in [0.15, 0.2) is 0 Å². The molecule has 0 aromatic carbocycles. The lowest BCUT2D eigenvalue weighted by atomic mass is 10.4. The Morgan fingerprint density at radius 2 is 2.27 bits per heavy atom. The summed E-state index contributed by atoms with van der Waals surface area (Å²) in [5.41, 5.74) is 6.46. The van der Waals surface area contributed by atoms with Crippen LogP contribution in [-0.4, -0.2) is 23.4 Å². The standard InChI is InChI=1S/C7H11N3S/c1-10(2)11-7-5-9-4-3-6(7)8/h3-5H,1-2H3,(H2,8,9). The zero-order valence-corrected chi connectivity index (χ0v) is 7.43. The molecule has 1 aromatic heterocycles. The van der Waals surface area contributed by atoms with Crippen molar-refractivity contribution in [2.45, 2.75) is 4.90 Å². The Morgan fingerprint density at radius 1 is 1.55 bits per heavy atom. The maximum atomic E-state index is 5.68. The van der Waals surface area contributed by atoms with Gasteiger partial charge >= 0.3 is 0 Å². The van der Waals surface area contributed by atoms with Crippen molar-refractivity contribution < 1.29 is 0 Å². The normalized spacial score (nSPS) is 10.5. The third kappa shape index (κ3) is 2.40. The SMILES string of the molecule is CN(C)Sc1cnccc1N. The van der Waals surface area contributed by atoms with Crippen molar-refractivity contribution in [3.8, 4) is 0 Å². The van der Waals surface area contributed by atoms with E-state index in [1.807, 2.05) is 18.4 Å². The molecule has 1 rings (SSSR count). The van der Waals surface area contributed by atoms with Crippen LogP contribution < -0.4 is 5.73 Å². The molecule has 1 aromatic rings. The molecule has 1 heterocycles. The second-order valence-electron chi connectivity index (χ2n) is 2.32. The Balaban J connectivity index is 2.78. The quantitative estimate of drug-likeness (QED) is 0.676. The van der Waals surface area contributed by atoms with Crippen LogP contribution in [0.1, 0.15) is 0 Å². The predicted octanol–water partition coefficient (Wildman–Crippen LogP) is 1.23. The van der Waals surface area contributed by atoms with Crippen molar-refractivity contribution in [2.24, 2.45) is 0 Å². The van der Waals surface area contributed by atoms with Gasteiger partial charge in [0.05, 0.1) is 4.90 Å². The van der Waals surface area contributed by atoms with Crippen LogP contribution >= 0.6 is 11.9 Å². The van der Waals surface area contributed by atoms with E-state index in [9.17, 15) is 0 Å². The fourth-order valence-corrected chi connectivity index (χ4v) is 1.34. The molecule has 60 valence electrons. The van der Waals surface area contributed by atoms with Crippen LogP contribution in [0.5, 0.6) is 0 Å². The summed E-state index contributed by atoms with van der Waals surface area (Å²) < 4.78 is 1.98. The largest absolute Gasteiger partial charge is 0.398 e. The Kier molecular flexibility index (Phi) is 2.73. The molecule has 0 unspecified atom stereocenters. The molecule has 3 nitrogen and oxygen atoms in total. The lowest BCUT2D eigenvalue weighted by molar-refractivity contribution is 0.702. The van der Waals surface area contributed by atoms with Crippen molar-refractivity contribution >= 4 is 17.6 Å². The molecule has 0 amide bonds. The zero-order chi connectivity index (χ0) is 8.27. The number of aromatic nitrogens is 1. The van der Waals surface area contributed by atoms with E-state index >= 15 is 0 Å². The van der Waals surface area contributed by atoms with Crippen LogP contribution in [0.25, 0.3) is 0 Å². The number of hydrogen-bond donors (Lipinski definition) is 1. The molecule has 0 radical (unpaired) electrons. The van der Waals surface area contributed by atoms with E-state index in [-0.39, 0.29) is 0 Å². The number of nitrogens with two attached hydrogens (primary N) is 1. The molecule has 0 aliphatic carbocycles. The molecular weight excluding hydrogens is 158 g/mol. The molecule has 0 saturated carbocycles. The highest BCUT2D eigenvalue weighted by atomic mass is 32.2. The van der Waals surface area contributed by atoms with E-state index in [0.717, 1.165) is 10.6 Å². The van der Waals surface area contributed by atoms with Gasteiger partial charge in [-0.2, -0.15) is 0 Å². The molecule has 0 atom stereocenters. The van der Waals surface area contributed by atoms with E-state index in [0.29, 0.717) is 0 Å². The van der Waals surface area contributed by atoms with Gasteiger partial charge in [-0.05, 0) is 32.1 Å². The molecule has 0 aliphatic heterocycles. The first-order chi connectivity index (χ1) is 5.20. The minimum atomic E-state index is 0.777. The van der Waals surface area contributed by atoms with Gasteiger partial charge in [0, 0.05) is 18.1 Å². The van der Waals surface area contributed by atoms with Crippen LogP contribution in [0.4, 0.5) is 5.69 Å². The topological polar surface area (TPSA) is 42.2 Å². The van der Waals surface area contributed by atoms with E-state index in [1.54, 1.807) is 30.4 Å². The fraction of sp³-hybridized carbons (Fsp3) is 0.286. The fourth-order valence-electron chi connectivity index (χ4n) is 0.664. The van der Waals surface area contributed by atoms with Crippen LogP contribution in [0.15, 0.2) is 23.4 Å². The molecule has 11 heavy (non-hydrogen) atoms. The number of hydrogen-bond acceptors (Lipinski definition) is 4. The van der Waals surface area contributed by atoms with E-state index in [2.05, 4.69) is 4.98 Å². The molecule has 0 bridgehead atoms. The molecular formula is C7H11N3S. The van der Waals surface area contributed by atoms with Crippen LogP contribution in [0, 0.1) is 0 Å². The number of nitrogen functional groups attached to an aromatic ring is 1. The second-order valence-corrected chi connectivity index (χ2v) is 3.67. The third-order valence-corrected chi connectivity index (χ3v) is 2.00. The van der Waals surface area contributed by atoms with Crippen molar-refractivity contribution in [3.63, 3.8) is 0 Å². The minimum absolute atomic E-state index is 0.777. The Bertz CT molecular complexity index is 237. The highest BCUT2D eigenvalue weighted by Gasteiger charge is 1.99. The van der Waals surface area contributed by atoms with Gasteiger partial charge in [0.2, 0.25) is 0 Å². The maximum absolute atomic E-state index is 5.68. The van der Waals surface area contributed by atoms with Gasteiger partial charge in [-0.3, -0.25) is 9.29 Å². The summed E-state index contributed by atoms with van der Waals surface area (Å²) in [6, 6.07) is 1.80. The van der Waals surface area contributed by atoms with Crippen molar-refractivity contribution in [3.05, 3.63) is 18.5 Å². The van der Waals surface area contributed by atoms with Crippen molar-refractivity contribution in [1.29, 1.82) is 0 Å². The van der Waals surface area contributed by atoms with Gasteiger partial charge in [0.1, 0.15) is 0 Å². The van der Waals surface area contributed by atoms with Crippen LogP contribution in [0.2, 0.25) is 0 Å². The molecule has 0 spiro atoms. The summed E-state index contributed by atoms with van der Waals surface area (Å²) in [5, 5.41) is 0. The van der Waals surface area contributed by atoms with Gasteiger partial charge < -0.3 is 5.73 Å². The van der Waals surface area contributed by atoms with E-state index < -0.39 is 0 Å². The summed E-state index contributed by atoms with van der Waals surface area (Å²) in [7, 11) is 3.94. The number of pyridine rings is 1. The lowest BCUT2D eigenvalue weighted by Gasteiger charge is -2.08. The Labute approximate surface area is 70.7 Å². The number of anilines is 1. The lowest BCUT2D eigenvalue weighted by Crippen LogP contribution is -2.00. The average Bonchev–Trinajstić information content (AvgIpc) is 1.93. The molecule has 4 heteroatoms. The summed E-state index contributed by atoms with van der Waals surface area (Å²) in [6.07, 6.45) is 3.45. The highest BCUT2D eigenvalue weighted by Crippen LogP contribution is 2.23. The summed E-state index contributed by atoms with van der Waals surface area (Å²) in [6.45, 7) is 0. The van der Waals surface area contributed by atoms with Gasteiger partial charge in [-0.25, -0.2) is 0 Å². The smallest absolute Gasteiger partial charge is 0.0642 e. The van der Waals surface area contributed by atoms with Crippen molar-refractivity contribution in [2.75, 3.05) is 19.8 Å². The summed E-state index contributed by atoms with van der Waals surface area (Å²) in [4.78, 5) is 4.97. The van der Waals surface area contributed by atoms with Crippen LogP contribution in [0.3, 0.4) is 0 Å². The average molecular weight is 169 g/mol. The van der Waals surface area contributed by atoms with E-state index in [1.165, 1.54) is 0 Å². The monoisotopic (exact) mass is 169 g/mol. The van der Waals surface area contributed by atoms with Gasteiger partial charge in [0.25, 0.3) is 0 Å². The minimum Gasteiger partial charge on any atom is -0.398 e. The maximum Gasteiger partial charge on any atom is 0.0642 e. The second kappa shape index (κ2) is 3.59. The third-order valence-electron chi connectivity index (χ3n) is 1.10. The highest BCUT2D eigenvalue weighted by molar-refractivity contribution is 7.97. The van der Waals surface area contributed by atoms with Crippen molar-refractivity contribution in [1.82, 2.24) is 9.29 Å². The Hall–Kier alpha value is -0.740. The van der Waals surface area contributed by atoms with Gasteiger partial charge in [-0.1, -0.05) is 0 Å².